The molecule has 0 aliphatic rings. The highest BCUT2D eigenvalue weighted by atomic mass is 79.9. The molecule has 0 bridgehead atoms. The lowest BCUT2D eigenvalue weighted by Gasteiger charge is -2.30. The van der Waals surface area contributed by atoms with Crippen LogP contribution in [0.3, 0.4) is 0 Å². The van der Waals surface area contributed by atoms with Crippen molar-refractivity contribution in [2.75, 3.05) is 19.1 Å². The van der Waals surface area contributed by atoms with E-state index in [0.29, 0.717) is 22.6 Å². The van der Waals surface area contributed by atoms with E-state index in [1.807, 2.05) is 30.3 Å². The van der Waals surface area contributed by atoms with E-state index in [1.54, 1.807) is 67.6 Å². The van der Waals surface area contributed by atoms with Crippen molar-refractivity contribution in [3.05, 3.63) is 94.5 Å². The number of carbonyl (C=O) groups excluding carboxylic acids is 2. The zero-order valence-electron chi connectivity index (χ0n) is 16.1. The first-order chi connectivity index (χ1) is 14.0. The summed E-state index contributed by atoms with van der Waals surface area (Å²) >= 11 is 3.36. The van der Waals surface area contributed by atoms with Gasteiger partial charge in [0.25, 0.3) is 5.91 Å². The third-order valence-corrected chi connectivity index (χ3v) is 5.06. The largest absolute Gasteiger partial charge is 0.495 e. The van der Waals surface area contributed by atoms with Crippen LogP contribution in [-0.2, 0) is 0 Å². The number of benzene rings is 3. The number of likely N-dealkylation sites (N-methyl/N-ethyl adjacent to an activating group) is 1. The Labute approximate surface area is 178 Å². The average molecular weight is 453 g/mol. The minimum absolute atomic E-state index is 0.218. The number of Topliss-reactive ketones (excluding diaryl/α,β-unsaturated/α-hetero) is 1. The third kappa shape index (κ3) is 4.84. The van der Waals surface area contributed by atoms with Crippen molar-refractivity contribution in [2.24, 2.45) is 0 Å². The Bertz CT molecular complexity index is 991. The number of halogens is 1. The Morgan fingerprint density at radius 1 is 0.897 bits per heavy atom. The molecule has 3 aromatic carbocycles. The molecule has 3 rings (SSSR count). The Kier molecular flexibility index (Phi) is 6.67. The first-order valence-corrected chi connectivity index (χ1v) is 9.82. The van der Waals surface area contributed by atoms with Crippen LogP contribution in [0, 0.1) is 0 Å². The molecule has 0 aliphatic carbocycles. The molecular weight excluding hydrogens is 432 g/mol. The molecule has 1 N–H and O–H groups in total. The number of ether oxygens (including phenoxy) is 1. The summed E-state index contributed by atoms with van der Waals surface area (Å²) in [6.45, 7) is 0. The molecule has 3 aromatic rings. The fraction of sp³-hybridized carbons (Fsp3) is 0.130. The number of rotatable bonds is 7. The first-order valence-electron chi connectivity index (χ1n) is 9.03. The third-order valence-electron chi connectivity index (χ3n) is 4.53. The first kappa shape index (κ1) is 20.6. The second kappa shape index (κ2) is 9.39. The molecule has 0 aliphatic heterocycles. The number of amides is 1. The number of para-hydroxylation sites is 2. The molecule has 0 aromatic heterocycles. The lowest BCUT2D eigenvalue weighted by molar-refractivity contribution is 0.0857. The maximum atomic E-state index is 13.3. The number of hydrogen-bond acceptors (Lipinski definition) is 4. The van der Waals surface area contributed by atoms with Crippen LogP contribution in [0.4, 0.5) is 5.69 Å². The van der Waals surface area contributed by atoms with Crippen molar-refractivity contribution in [1.82, 2.24) is 5.32 Å². The van der Waals surface area contributed by atoms with E-state index in [0.717, 1.165) is 4.47 Å². The average Bonchev–Trinajstić information content (AvgIpc) is 2.77. The number of nitrogens with one attached hydrogen (secondary N) is 1. The monoisotopic (exact) mass is 452 g/mol. The van der Waals surface area contributed by atoms with Gasteiger partial charge in [0.2, 0.25) is 5.78 Å². The summed E-state index contributed by atoms with van der Waals surface area (Å²) in [6, 6.07) is 23.2. The normalized spacial score (nSPS) is 11.4. The van der Waals surface area contributed by atoms with E-state index >= 15 is 0 Å². The van der Waals surface area contributed by atoms with Crippen molar-refractivity contribution in [3.63, 3.8) is 0 Å². The highest BCUT2D eigenvalue weighted by molar-refractivity contribution is 9.10. The molecule has 29 heavy (non-hydrogen) atoms. The summed E-state index contributed by atoms with van der Waals surface area (Å²) in [5, 5.41) is 2.87. The number of anilines is 1. The van der Waals surface area contributed by atoms with Crippen molar-refractivity contribution in [3.8, 4) is 5.75 Å². The van der Waals surface area contributed by atoms with E-state index in [4.69, 9.17) is 4.74 Å². The van der Waals surface area contributed by atoms with Crippen LogP contribution in [0.25, 0.3) is 0 Å². The molecule has 0 fully saturated rings. The summed E-state index contributed by atoms with van der Waals surface area (Å²) in [7, 11) is 3.33. The van der Waals surface area contributed by atoms with Crippen molar-refractivity contribution in [1.29, 1.82) is 0 Å². The summed E-state index contributed by atoms with van der Waals surface area (Å²) in [6.07, 6.45) is -0.912. The van der Waals surface area contributed by atoms with Crippen molar-refractivity contribution in [2.45, 2.75) is 6.17 Å². The molecule has 0 radical (unpaired) electrons. The van der Waals surface area contributed by atoms with Gasteiger partial charge in [-0.1, -0.05) is 58.4 Å². The molecule has 0 heterocycles. The molecular formula is C23H21BrN2O3. The number of methoxy groups -OCH3 is 1. The molecule has 0 unspecified atom stereocenters. The van der Waals surface area contributed by atoms with Crippen molar-refractivity contribution >= 4 is 33.3 Å². The van der Waals surface area contributed by atoms with Crippen LogP contribution in [0.15, 0.2) is 83.3 Å². The van der Waals surface area contributed by atoms with E-state index in [1.165, 1.54) is 0 Å². The summed E-state index contributed by atoms with van der Waals surface area (Å²) < 4.78 is 6.31. The summed E-state index contributed by atoms with van der Waals surface area (Å²) in [5.74, 6) is 0.0525. The van der Waals surface area contributed by atoms with E-state index in [-0.39, 0.29) is 11.7 Å². The van der Waals surface area contributed by atoms with Gasteiger partial charge in [0.05, 0.1) is 12.8 Å². The van der Waals surface area contributed by atoms with Gasteiger partial charge in [-0.05, 0) is 36.4 Å². The van der Waals surface area contributed by atoms with Crippen molar-refractivity contribution < 1.29 is 14.3 Å². The van der Waals surface area contributed by atoms with Gasteiger partial charge in [0.15, 0.2) is 6.17 Å². The van der Waals surface area contributed by atoms with Crippen LogP contribution < -0.4 is 15.0 Å². The number of nitrogens with zero attached hydrogens (tertiary/aromatic N) is 1. The summed E-state index contributed by atoms with van der Waals surface area (Å²) in [5.41, 5.74) is 1.67. The van der Waals surface area contributed by atoms with Gasteiger partial charge in [0, 0.05) is 22.6 Å². The molecule has 0 saturated heterocycles. The highest BCUT2D eigenvalue weighted by Crippen LogP contribution is 2.28. The van der Waals surface area contributed by atoms with Crippen LogP contribution in [0.2, 0.25) is 0 Å². The molecule has 0 saturated carbocycles. The number of ketones is 1. The zero-order valence-corrected chi connectivity index (χ0v) is 17.7. The Morgan fingerprint density at radius 3 is 2.17 bits per heavy atom. The highest BCUT2D eigenvalue weighted by Gasteiger charge is 2.28. The van der Waals surface area contributed by atoms with Gasteiger partial charge in [-0.2, -0.15) is 0 Å². The minimum atomic E-state index is -0.912. The second-order valence-corrected chi connectivity index (χ2v) is 7.31. The van der Waals surface area contributed by atoms with Gasteiger partial charge in [-0.25, -0.2) is 0 Å². The number of carbonyl (C=O) groups is 2. The maximum Gasteiger partial charge on any atom is 0.253 e. The number of hydrogen-bond donors (Lipinski definition) is 1. The van der Waals surface area contributed by atoms with Gasteiger partial charge < -0.3 is 15.0 Å². The van der Waals surface area contributed by atoms with Crippen LogP contribution in [-0.4, -0.2) is 32.0 Å². The molecule has 6 heteroatoms. The Morgan fingerprint density at radius 2 is 1.52 bits per heavy atom. The second-order valence-electron chi connectivity index (χ2n) is 6.40. The molecule has 1 atom stereocenters. The van der Waals surface area contributed by atoms with E-state index < -0.39 is 6.17 Å². The molecule has 148 valence electrons. The van der Waals surface area contributed by atoms with Gasteiger partial charge in [-0.15, -0.1) is 0 Å². The SMILES string of the molecule is COc1ccccc1N(C)[C@H](NC(=O)c1ccc(Br)cc1)C(=O)c1ccccc1. The van der Waals surface area contributed by atoms with Gasteiger partial charge in [-0.3, -0.25) is 9.59 Å². The molecule has 5 nitrogen and oxygen atoms in total. The lowest BCUT2D eigenvalue weighted by atomic mass is 10.1. The minimum Gasteiger partial charge on any atom is -0.495 e. The standard InChI is InChI=1S/C23H21BrN2O3/c1-26(19-10-6-7-11-20(19)29-2)22(21(27)16-8-4-3-5-9-16)25-23(28)17-12-14-18(24)15-13-17/h3-15,22H,1-2H3,(H,25,28)/t22-/m0/s1. The van der Waals surface area contributed by atoms with Gasteiger partial charge >= 0.3 is 0 Å². The Balaban J connectivity index is 1.96. The smallest absolute Gasteiger partial charge is 0.253 e. The maximum absolute atomic E-state index is 13.3. The quantitative estimate of drug-likeness (QED) is 0.422. The predicted molar refractivity (Wildman–Crippen MR) is 118 cm³/mol. The predicted octanol–water partition coefficient (Wildman–Crippen LogP) is 4.53. The van der Waals surface area contributed by atoms with Gasteiger partial charge in [0.1, 0.15) is 5.75 Å². The van der Waals surface area contributed by atoms with Crippen LogP contribution in [0.1, 0.15) is 20.7 Å². The molecule has 1 amide bonds. The van der Waals surface area contributed by atoms with Crippen LogP contribution >= 0.6 is 15.9 Å². The van der Waals surface area contributed by atoms with Crippen LogP contribution in [0.5, 0.6) is 5.75 Å². The fourth-order valence-corrected chi connectivity index (χ4v) is 3.23. The van der Waals surface area contributed by atoms with E-state index in [9.17, 15) is 9.59 Å². The zero-order chi connectivity index (χ0) is 20.8. The fourth-order valence-electron chi connectivity index (χ4n) is 2.97. The Hall–Kier alpha value is -3.12. The topological polar surface area (TPSA) is 58.6 Å². The summed E-state index contributed by atoms with van der Waals surface area (Å²) in [4.78, 5) is 27.8. The lowest BCUT2D eigenvalue weighted by Crippen LogP contribution is -2.52. The molecule has 0 spiro atoms. The van der Waals surface area contributed by atoms with E-state index in [2.05, 4.69) is 21.2 Å².